The standard InChI is InChI=1S/C7H4FN2.3C4H9.Sn/c8-6-1-3-10-4-2-9-7(10)5-6;3*1-3-4-2;/h1-3,5H;3*1,3-4H2,2H3;. The second-order valence-corrected chi connectivity index (χ2v) is 19.9. The molecule has 4 heteroatoms. The average molecular weight is 425 g/mol. The summed E-state index contributed by atoms with van der Waals surface area (Å²) in [6.45, 7) is 6.88. The first-order valence-corrected chi connectivity index (χ1v) is 16.8. The van der Waals surface area contributed by atoms with Crippen molar-refractivity contribution < 1.29 is 4.39 Å². The molecule has 2 rings (SSSR count). The monoisotopic (exact) mass is 426 g/mol. The van der Waals surface area contributed by atoms with Crippen molar-refractivity contribution in [3.63, 3.8) is 0 Å². The first-order valence-electron chi connectivity index (χ1n) is 9.30. The van der Waals surface area contributed by atoms with E-state index in [0.29, 0.717) is 0 Å². The molecule has 0 bridgehead atoms. The van der Waals surface area contributed by atoms with Gasteiger partial charge in [-0.05, 0) is 0 Å². The molecule has 2 aromatic rings. The van der Waals surface area contributed by atoms with Crippen LogP contribution in [-0.2, 0) is 0 Å². The van der Waals surface area contributed by atoms with Crippen molar-refractivity contribution >= 4 is 27.7 Å². The third kappa shape index (κ3) is 4.49. The molecule has 2 nitrogen and oxygen atoms in total. The van der Waals surface area contributed by atoms with Crippen LogP contribution in [0.5, 0.6) is 0 Å². The summed E-state index contributed by atoms with van der Waals surface area (Å²) >= 11 is -2.49. The van der Waals surface area contributed by atoms with Gasteiger partial charge in [0, 0.05) is 0 Å². The van der Waals surface area contributed by atoms with Crippen LogP contribution in [-0.4, -0.2) is 27.8 Å². The first kappa shape index (κ1) is 18.8. The summed E-state index contributed by atoms with van der Waals surface area (Å²) in [5.74, 6) is -0.189. The average Bonchev–Trinajstić information content (AvgIpc) is 2.98. The Bertz CT molecular complexity index is 587. The molecule has 23 heavy (non-hydrogen) atoms. The molecule has 0 aromatic carbocycles. The molecule has 0 saturated heterocycles. The quantitative estimate of drug-likeness (QED) is 0.458. The Balaban J connectivity index is 2.46. The number of imidazole rings is 1. The summed E-state index contributed by atoms with van der Waals surface area (Å²) in [4.78, 5) is 4.55. The zero-order valence-corrected chi connectivity index (χ0v) is 17.8. The molecular formula is C19H31FN2Sn. The fourth-order valence-corrected chi connectivity index (χ4v) is 19.8. The molecule has 0 fully saturated rings. The third-order valence-corrected chi connectivity index (χ3v) is 20.4. The molecule has 0 radical (unpaired) electrons. The van der Waals surface area contributed by atoms with Crippen LogP contribution in [0.25, 0.3) is 5.65 Å². The van der Waals surface area contributed by atoms with E-state index in [-0.39, 0.29) is 5.82 Å². The van der Waals surface area contributed by atoms with Crippen LogP contribution >= 0.6 is 0 Å². The number of pyridine rings is 1. The van der Waals surface area contributed by atoms with Gasteiger partial charge >= 0.3 is 144 Å². The molecule has 0 aliphatic carbocycles. The van der Waals surface area contributed by atoms with Gasteiger partial charge < -0.3 is 0 Å². The molecule has 0 saturated carbocycles. The van der Waals surface area contributed by atoms with E-state index in [2.05, 4.69) is 36.4 Å². The van der Waals surface area contributed by atoms with E-state index in [1.54, 1.807) is 12.1 Å². The second kappa shape index (κ2) is 9.05. The van der Waals surface area contributed by atoms with E-state index in [9.17, 15) is 4.39 Å². The number of hydrogen-bond acceptors (Lipinski definition) is 1. The van der Waals surface area contributed by atoms with Gasteiger partial charge in [-0.1, -0.05) is 0 Å². The predicted molar refractivity (Wildman–Crippen MR) is 99.7 cm³/mol. The van der Waals surface area contributed by atoms with Crippen LogP contribution in [0.4, 0.5) is 4.39 Å². The van der Waals surface area contributed by atoms with Crippen molar-refractivity contribution in [2.24, 2.45) is 0 Å². The van der Waals surface area contributed by atoms with E-state index < -0.39 is 18.4 Å². The zero-order valence-electron chi connectivity index (χ0n) is 14.9. The van der Waals surface area contributed by atoms with Gasteiger partial charge in [-0.3, -0.25) is 0 Å². The molecule has 2 heterocycles. The minimum absolute atomic E-state index is 0.189. The van der Waals surface area contributed by atoms with E-state index in [4.69, 9.17) is 0 Å². The Morgan fingerprint density at radius 1 is 1.00 bits per heavy atom. The summed E-state index contributed by atoms with van der Waals surface area (Å²) in [6, 6.07) is 3.15. The van der Waals surface area contributed by atoms with Crippen LogP contribution in [0.15, 0.2) is 24.5 Å². The Morgan fingerprint density at radius 2 is 1.57 bits per heavy atom. The van der Waals surface area contributed by atoms with Crippen LogP contribution in [0.1, 0.15) is 59.3 Å². The SMILES string of the molecule is CCC[CH2][Sn]([CH2]CCC)([CH2]CCC)[c]1cnc2cc(F)ccn12. The summed E-state index contributed by atoms with van der Waals surface area (Å²) in [7, 11) is 0. The number of rotatable bonds is 10. The number of halogens is 1. The summed E-state index contributed by atoms with van der Waals surface area (Å²) < 4.78 is 21.5. The van der Waals surface area contributed by atoms with Crippen molar-refractivity contribution in [2.45, 2.75) is 72.6 Å². The van der Waals surface area contributed by atoms with Crippen LogP contribution in [0.3, 0.4) is 0 Å². The van der Waals surface area contributed by atoms with Gasteiger partial charge in [0.15, 0.2) is 0 Å². The number of hydrogen-bond donors (Lipinski definition) is 0. The Hall–Kier alpha value is -0.581. The first-order chi connectivity index (χ1) is 11.2. The molecule has 0 amide bonds. The van der Waals surface area contributed by atoms with E-state index in [1.807, 2.05) is 6.20 Å². The molecule has 0 N–H and O–H groups in total. The van der Waals surface area contributed by atoms with Gasteiger partial charge in [0.05, 0.1) is 0 Å². The molecule has 0 aliphatic heterocycles. The Morgan fingerprint density at radius 3 is 2.09 bits per heavy atom. The number of aromatic nitrogens is 2. The third-order valence-electron chi connectivity index (χ3n) is 5.05. The topological polar surface area (TPSA) is 17.3 Å². The fraction of sp³-hybridized carbons (Fsp3) is 0.632. The van der Waals surface area contributed by atoms with Crippen LogP contribution in [0, 0.1) is 5.82 Å². The molecule has 0 spiro atoms. The van der Waals surface area contributed by atoms with Gasteiger partial charge in [-0.25, -0.2) is 0 Å². The summed E-state index contributed by atoms with van der Waals surface area (Å²) in [6.07, 6.45) is 11.8. The molecule has 0 atom stereocenters. The number of unbranched alkanes of at least 4 members (excludes halogenated alkanes) is 3. The van der Waals surface area contributed by atoms with Crippen LogP contribution in [0.2, 0.25) is 13.3 Å². The van der Waals surface area contributed by atoms with Crippen molar-refractivity contribution in [1.82, 2.24) is 9.38 Å². The number of fused-ring (bicyclic) bond motifs is 1. The molecule has 2 aromatic heterocycles. The van der Waals surface area contributed by atoms with Gasteiger partial charge in [0.25, 0.3) is 0 Å². The number of nitrogens with zero attached hydrogens (tertiary/aromatic N) is 2. The van der Waals surface area contributed by atoms with Crippen molar-refractivity contribution in [3.05, 3.63) is 30.3 Å². The Kier molecular flexibility index (Phi) is 7.38. The van der Waals surface area contributed by atoms with E-state index in [1.165, 1.54) is 55.5 Å². The summed E-state index contributed by atoms with van der Waals surface area (Å²) in [5, 5.41) is 0. The molecule has 128 valence electrons. The maximum absolute atomic E-state index is 13.5. The normalized spacial score (nSPS) is 12.2. The maximum atomic E-state index is 13.5. The zero-order chi connectivity index (χ0) is 16.7. The van der Waals surface area contributed by atoms with Gasteiger partial charge in [-0.15, -0.1) is 0 Å². The van der Waals surface area contributed by atoms with Crippen molar-refractivity contribution in [2.75, 3.05) is 0 Å². The molecule has 0 aliphatic rings. The van der Waals surface area contributed by atoms with Gasteiger partial charge in [-0.2, -0.15) is 0 Å². The minimum atomic E-state index is -2.49. The van der Waals surface area contributed by atoms with Crippen molar-refractivity contribution in [1.29, 1.82) is 0 Å². The van der Waals surface area contributed by atoms with E-state index in [0.717, 1.165) is 5.65 Å². The second-order valence-electron chi connectivity index (χ2n) is 6.81. The van der Waals surface area contributed by atoms with Crippen LogP contribution < -0.4 is 3.71 Å². The fourth-order valence-electron chi connectivity index (χ4n) is 3.65. The Labute approximate surface area is 144 Å². The summed E-state index contributed by atoms with van der Waals surface area (Å²) in [5.41, 5.74) is 0.783. The molecule has 0 unspecified atom stereocenters. The molecular weight excluding hydrogens is 394 g/mol. The van der Waals surface area contributed by atoms with Gasteiger partial charge in [0.1, 0.15) is 0 Å². The van der Waals surface area contributed by atoms with Gasteiger partial charge in [0.2, 0.25) is 0 Å². The van der Waals surface area contributed by atoms with E-state index >= 15 is 0 Å². The van der Waals surface area contributed by atoms with Crippen molar-refractivity contribution in [3.8, 4) is 0 Å². The predicted octanol–water partition coefficient (Wildman–Crippen LogP) is 5.53.